The summed E-state index contributed by atoms with van der Waals surface area (Å²) in [6.07, 6.45) is -3.40. The number of rotatable bonds is 6. The van der Waals surface area contributed by atoms with E-state index >= 15 is 0 Å². The van der Waals surface area contributed by atoms with Gasteiger partial charge in [0.2, 0.25) is 0 Å². The van der Waals surface area contributed by atoms with Gasteiger partial charge >= 0.3 is 12.1 Å². The number of hydrogen-bond donors (Lipinski definition) is 1. The molecular formula is C12H14F3NO3. The van der Waals surface area contributed by atoms with Crippen molar-refractivity contribution in [3.8, 4) is 0 Å². The molecule has 7 heteroatoms. The molecule has 1 heterocycles. The molecule has 1 rings (SSSR count). The van der Waals surface area contributed by atoms with E-state index in [0.717, 1.165) is 18.2 Å². The number of aliphatic carboxylic acids is 1. The Balaban J connectivity index is 2.68. The molecule has 1 aromatic heterocycles. The first-order valence-electron chi connectivity index (χ1n) is 5.81. The van der Waals surface area contributed by atoms with Gasteiger partial charge in [-0.15, -0.1) is 0 Å². The number of carbonyl (C=O) groups is 1. The maximum absolute atomic E-state index is 12.7. The smallest absolute Gasteiger partial charge is 0.431 e. The molecule has 0 atom stereocenters. The number of nitrogens with zero attached hydrogens (tertiary/aromatic N) is 1. The lowest BCUT2D eigenvalue weighted by molar-refractivity contribution is -0.144. The van der Waals surface area contributed by atoms with Gasteiger partial charge in [0.15, 0.2) is 0 Å². The van der Waals surface area contributed by atoms with Crippen LogP contribution in [0.1, 0.15) is 31.4 Å². The first-order valence-corrected chi connectivity index (χ1v) is 5.81. The Morgan fingerprint density at radius 3 is 2.47 bits per heavy atom. The lowest BCUT2D eigenvalue weighted by atomic mass is 10.2. The SMILES string of the molecule is O=C(O)CCCCCn1c(C(F)(F)F)cccc1=O. The molecule has 0 unspecified atom stereocenters. The minimum Gasteiger partial charge on any atom is -0.481 e. The van der Waals surface area contributed by atoms with Gasteiger partial charge in [-0.1, -0.05) is 12.5 Å². The number of hydrogen-bond acceptors (Lipinski definition) is 2. The van der Waals surface area contributed by atoms with Gasteiger partial charge in [-0.3, -0.25) is 9.59 Å². The Bertz CT molecular complexity index is 494. The minimum absolute atomic E-state index is 0.0180. The maximum atomic E-state index is 12.7. The van der Waals surface area contributed by atoms with Gasteiger partial charge < -0.3 is 9.67 Å². The monoisotopic (exact) mass is 277 g/mol. The second-order valence-electron chi connectivity index (χ2n) is 4.10. The van der Waals surface area contributed by atoms with E-state index in [1.54, 1.807) is 0 Å². The molecule has 0 amide bonds. The van der Waals surface area contributed by atoms with Crippen molar-refractivity contribution in [2.24, 2.45) is 0 Å². The van der Waals surface area contributed by atoms with E-state index in [2.05, 4.69) is 0 Å². The summed E-state index contributed by atoms with van der Waals surface area (Å²) in [6.45, 7) is -0.0614. The summed E-state index contributed by atoms with van der Waals surface area (Å²) < 4.78 is 38.7. The van der Waals surface area contributed by atoms with Crippen molar-refractivity contribution < 1.29 is 23.1 Å². The molecule has 0 saturated heterocycles. The van der Waals surface area contributed by atoms with Crippen molar-refractivity contribution in [1.82, 2.24) is 4.57 Å². The minimum atomic E-state index is -4.57. The number of aromatic nitrogens is 1. The number of pyridine rings is 1. The fourth-order valence-electron chi connectivity index (χ4n) is 1.72. The summed E-state index contributed by atoms with van der Waals surface area (Å²) in [4.78, 5) is 21.7. The predicted molar refractivity (Wildman–Crippen MR) is 61.8 cm³/mol. The van der Waals surface area contributed by atoms with Crippen LogP contribution in [-0.2, 0) is 17.5 Å². The quantitative estimate of drug-likeness (QED) is 0.813. The fraction of sp³-hybridized carbons (Fsp3) is 0.500. The third-order valence-corrected chi connectivity index (χ3v) is 2.61. The van der Waals surface area contributed by atoms with Gasteiger partial charge in [0.05, 0.1) is 0 Å². The summed E-state index contributed by atoms with van der Waals surface area (Å²) in [6, 6.07) is 3.01. The number of halogens is 3. The van der Waals surface area contributed by atoms with Crippen LogP contribution in [0, 0.1) is 0 Å². The van der Waals surface area contributed by atoms with Crippen molar-refractivity contribution in [2.45, 2.75) is 38.4 Å². The highest BCUT2D eigenvalue weighted by Gasteiger charge is 2.33. The average Bonchev–Trinajstić information content (AvgIpc) is 2.28. The summed E-state index contributed by atoms with van der Waals surface area (Å²) in [5.41, 5.74) is -1.67. The highest BCUT2D eigenvalue weighted by molar-refractivity contribution is 5.66. The lowest BCUT2D eigenvalue weighted by Crippen LogP contribution is -2.27. The fourth-order valence-corrected chi connectivity index (χ4v) is 1.72. The van der Waals surface area contributed by atoms with Gasteiger partial charge in [0.25, 0.3) is 5.56 Å². The largest absolute Gasteiger partial charge is 0.481 e. The molecule has 0 aromatic carbocycles. The van der Waals surface area contributed by atoms with Crippen LogP contribution in [-0.4, -0.2) is 15.6 Å². The zero-order chi connectivity index (χ0) is 14.5. The van der Waals surface area contributed by atoms with Gasteiger partial charge in [0.1, 0.15) is 5.69 Å². The van der Waals surface area contributed by atoms with Crippen LogP contribution >= 0.6 is 0 Å². The number of unbranched alkanes of at least 4 members (excludes halogenated alkanes) is 2. The van der Waals surface area contributed by atoms with Gasteiger partial charge in [-0.05, 0) is 18.9 Å². The van der Waals surface area contributed by atoms with Gasteiger partial charge in [-0.25, -0.2) is 0 Å². The van der Waals surface area contributed by atoms with Crippen LogP contribution < -0.4 is 5.56 Å². The second kappa shape index (κ2) is 6.40. The van der Waals surface area contributed by atoms with E-state index in [0.29, 0.717) is 23.8 Å². The van der Waals surface area contributed by atoms with Gasteiger partial charge in [-0.2, -0.15) is 13.2 Å². The van der Waals surface area contributed by atoms with Gasteiger partial charge in [0, 0.05) is 19.0 Å². The van der Waals surface area contributed by atoms with Crippen molar-refractivity contribution in [3.63, 3.8) is 0 Å². The molecule has 1 aromatic rings. The van der Waals surface area contributed by atoms with E-state index in [4.69, 9.17) is 5.11 Å². The van der Waals surface area contributed by atoms with Crippen LogP contribution in [0.3, 0.4) is 0 Å². The number of carboxylic acids is 1. The van der Waals surface area contributed by atoms with E-state index in [9.17, 15) is 22.8 Å². The standard InChI is InChI=1S/C12H14F3NO3/c13-12(14,15)9-5-4-6-10(17)16(9)8-3-1-2-7-11(18)19/h4-6H,1-3,7-8H2,(H,18,19). The molecule has 0 spiro atoms. The first kappa shape index (κ1) is 15.3. The molecule has 0 fully saturated rings. The Morgan fingerprint density at radius 2 is 1.89 bits per heavy atom. The van der Waals surface area contributed by atoms with Crippen molar-refractivity contribution >= 4 is 5.97 Å². The van der Waals surface area contributed by atoms with Crippen LogP contribution in [0.15, 0.2) is 23.0 Å². The summed E-state index contributed by atoms with van der Waals surface area (Å²) in [5.74, 6) is -0.937. The van der Waals surface area contributed by atoms with Crippen LogP contribution in [0.2, 0.25) is 0 Å². The summed E-state index contributed by atoms with van der Waals surface area (Å²) in [5, 5.41) is 8.42. The highest BCUT2D eigenvalue weighted by Crippen LogP contribution is 2.28. The molecule has 19 heavy (non-hydrogen) atoms. The third kappa shape index (κ3) is 4.76. The van der Waals surface area contributed by atoms with Crippen LogP contribution in [0.4, 0.5) is 13.2 Å². The van der Waals surface area contributed by atoms with Crippen molar-refractivity contribution in [3.05, 3.63) is 34.2 Å². The Kier molecular flexibility index (Phi) is 5.14. The molecule has 106 valence electrons. The predicted octanol–water partition coefficient (Wildman–Crippen LogP) is 2.51. The van der Waals surface area contributed by atoms with E-state index in [1.807, 2.05) is 0 Å². The topological polar surface area (TPSA) is 59.3 Å². The molecular weight excluding hydrogens is 263 g/mol. The van der Waals surface area contributed by atoms with Crippen LogP contribution in [0.25, 0.3) is 0 Å². The van der Waals surface area contributed by atoms with Crippen molar-refractivity contribution in [2.75, 3.05) is 0 Å². The number of alkyl halides is 3. The Labute approximate surface area is 107 Å². The average molecular weight is 277 g/mol. The maximum Gasteiger partial charge on any atom is 0.431 e. The molecule has 0 saturated carbocycles. The summed E-state index contributed by atoms with van der Waals surface area (Å²) in [7, 11) is 0. The van der Waals surface area contributed by atoms with Crippen molar-refractivity contribution in [1.29, 1.82) is 0 Å². The highest BCUT2D eigenvalue weighted by atomic mass is 19.4. The molecule has 0 aliphatic heterocycles. The zero-order valence-corrected chi connectivity index (χ0v) is 10.1. The molecule has 0 aliphatic carbocycles. The normalized spacial score (nSPS) is 11.5. The molecule has 0 bridgehead atoms. The van der Waals surface area contributed by atoms with E-state index in [-0.39, 0.29) is 13.0 Å². The van der Waals surface area contributed by atoms with E-state index in [1.165, 1.54) is 0 Å². The first-order chi connectivity index (χ1) is 8.82. The van der Waals surface area contributed by atoms with E-state index < -0.39 is 23.4 Å². The second-order valence-corrected chi connectivity index (χ2v) is 4.10. The zero-order valence-electron chi connectivity index (χ0n) is 10.1. The Morgan fingerprint density at radius 1 is 1.21 bits per heavy atom. The molecule has 0 aliphatic rings. The number of carboxylic acid groups (broad SMARTS) is 1. The molecule has 0 radical (unpaired) electrons. The summed E-state index contributed by atoms with van der Waals surface area (Å²) >= 11 is 0. The molecule has 1 N–H and O–H groups in total. The Hall–Kier alpha value is -1.79. The van der Waals surface area contributed by atoms with Crippen LogP contribution in [0.5, 0.6) is 0 Å². The lowest BCUT2D eigenvalue weighted by Gasteiger charge is -2.14. The molecule has 4 nitrogen and oxygen atoms in total. The third-order valence-electron chi connectivity index (χ3n) is 2.61.